The minimum Gasteiger partial charge on any atom is -0.383 e. The number of aromatic nitrogens is 1. The Morgan fingerprint density at radius 3 is 3.06 bits per heavy atom. The van der Waals surface area contributed by atoms with Crippen LogP contribution >= 0.6 is 11.3 Å². The molecule has 0 saturated heterocycles. The van der Waals surface area contributed by atoms with Crippen LogP contribution < -0.4 is 5.32 Å². The van der Waals surface area contributed by atoms with Gasteiger partial charge >= 0.3 is 0 Å². The third-order valence-corrected chi connectivity index (χ3v) is 3.73. The van der Waals surface area contributed by atoms with Crippen LogP contribution in [0.4, 0.5) is 0 Å². The van der Waals surface area contributed by atoms with Crippen LogP contribution in [-0.2, 0) is 11.3 Å². The van der Waals surface area contributed by atoms with E-state index in [-0.39, 0.29) is 0 Å². The van der Waals surface area contributed by atoms with Crippen LogP contribution in [-0.4, -0.2) is 49.3 Å². The summed E-state index contributed by atoms with van der Waals surface area (Å²) < 4.78 is 5.30. The summed E-state index contributed by atoms with van der Waals surface area (Å²) in [6.45, 7) is 2.66. The minimum atomic E-state index is 0.419. The summed E-state index contributed by atoms with van der Waals surface area (Å²) in [4.78, 5) is 6.64. The third-order valence-electron chi connectivity index (χ3n) is 3.10. The molecule has 1 aliphatic rings. The molecule has 0 aliphatic heterocycles. The van der Waals surface area contributed by atoms with Gasteiger partial charge in [-0.1, -0.05) is 0 Å². The van der Waals surface area contributed by atoms with Gasteiger partial charge < -0.3 is 10.1 Å². The minimum absolute atomic E-state index is 0.419. The molecular formula is C12H21N3OS. The highest BCUT2D eigenvalue weighted by molar-refractivity contribution is 7.07. The highest BCUT2D eigenvalue weighted by Gasteiger charge is 2.23. The van der Waals surface area contributed by atoms with E-state index in [9.17, 15) is 0 Å². The molecule has 5 heteroatoms. The quantitative estimate of drug-likeness (QED) is 0.761. The van der Waals surface area contributed by atoms with Gasteiger partial charge in [-0.3, -0.25) is 4.90 Å². The highest BCUT2D eigenvalue weighted by atomic mass is 32.1. The van der Waals surface area contributed by atoms with Gasteiger partial charge in [0.2, 0.25) is 0 Å². The molecule has 17 heavy (non-hydrogen) atoms. The zero-order chi connectivity index (χ0) is 12.1. The molecule has 0 amide bonds. The van der Waals surface area contributed by atoms with Gasteiger partial charge in [-0.05, 0) is 19.9 Å². The van der Waals surface area contributed by atoms with Crippen molar-refractivity contribution >= 4 is 11.3 Å². The van der Waals surface area contributed by atoms with E-state index < -0.39 is 0 Å². The Balaban J connectivity index is 1.79. The van der Waals surface area contributed by atoms with E-state index in [0.717, 1.165) is 31.4 Å². The van der Waals surface area contributed by atoms with E-state index in [4.69, 9.17) is 4.74 Å². The van der Waals surface area contributed by atoms with E-state index in [2.05, 4.69) is 27.6 Å². The SMILES string of the molecule is COCC(CNC1CC1)N(C)Cc1cscn1. The van der Waals surface area contributed by atoms with Gasteiger partial charge in [-0.2, -0.15) is 0 Å². The summed E-state index contributed by atoms with van der Waals surface area (Å²) in [5, 5.41) is 5.67. The van der Waals surface area contributed by atoms with Gasteiger partial charge in [0.1, 0.15) is 0 Å². The lowest BCUT2D eigenvalue weighted by molar-refractivity contribution is 0.100. The van der Waals surface area contributed by atoms with Crippen LogP contribution in [0.15, 0.2) is 10.9 Å². The first-order valence-electron chi connectivity index (χ1n) is 6.09. The number of hydrogen-bond donors (Lipinski definition) is 1. The number of nitrogens with zero attached hydrogens (tertiary/aromatic N) is 2. The first-order valence-corrected chi connectivity index (χ1v) is 7.03. The number of rotatable bonds is 8. The van der Waals surface area contributed by atoms with Crippen molar-refractivity contribution < 1.29 is 4.74 Å². The highest BCUT2D eigenvalue weighted by Crippen LogP contribution is 2.18. The Bertz CT molecular complexity index is 314. The number of hydrogen-bond acceptors (Lipinski definition) is 5. The van der Waals surface area contributed by atoms with Crippen molar-refractivity contribution in [3.63, 3.8) is 0 Å². The molecule has 0 radical (unpaired) electrons. The average Bonchev–Trinajstić information content (AvgIpc) is 3.01. The van der Waals surface area contributed by atoms with E-state index in [1.165, 1.54) is 12.8 Å². The molecule has 2 rings (SSSR count). The largest absolute Gasteiger partial charge is 0.383 e. The summed E-state index contributed by atoms with van der Waals surface area (Å²) in [7, 11) is 3.90. The Hall–Kier alpha value is -0.490. The van der Waals surface area contributed by atoms with Gasteiger partial charge in [-0.15, -0.1) is 11.3 Å². The lowest BCUT2D eigenvalue weighted by Crippen LogP contribution is -2.43. The molecule has 96 valence electrons. The van der Waals surface area contributed by atoms with Gasteiger partial charge in [0.25, 0.3) is 0 Å². The van der Waals surface area contributed by atoms with Crippen molar-refractivity contribution in [1.82, 2.24) is 15.2 Å². The number of nitrogens with one attached hydrogen (secondary N) is 1. The molecule has 1 N–H and O–H groups in total. The van der Waals surface area contributed by atoms with E-state index in [0.29, 0.717) is 6.04 Å². The Morgan fingerprint density at radius 1 is 1.65 bits per heavy atom. The van der Waals surface area contributed by atoms with Crippen molar-refractivity contribution in [3.05, 3.63) is 16.6 Å². The van der Waals surface area contributed by atoms with Crippen molar-refractivity contribution in [1.29, 1.82) is 0 Å². The fourth-order valence-electron chi connectivity index (χ4n) is 1.82. The zero-order valence-corrected chi connectivity index (χ0v) is 11.4. The fourth-order valence-corrected chi connectivity index (χ4v) is 2.37. The smallest absolute Gasteiger partial charge is 0.0795 e. The summed E-state index contributed by atoms with van der Waals surface area (Å²) in [5.41, 5.74) is 3.03. The summed E-state index contributed by atoms with van der Waals surface area (Å²) in [6, 6.07) is 1.17. The molecule has 4 nitrogen and oxygen atoms in total. The summed E-state index contributed by atoms with van der Waals surface area (Å²) in [5.74, 6) is 0. The van der Waals surface area contributed by atoms with Crippen LogP contribution in [0.1, 0.15) is 18.5 Å². The fraction of sp³-hybridized carbons (Fsp3) is 0.750. The second kappa shape index (κ2) is 6.44. The molecule has 1 heterocycles. The van der Waals surface area contributed by atoms with Crippen LogP contribution in [0, 0.1) is 0 Å². The number of likely N-dealkylation sites (N-methyl/N-ethyl adjacent to an activating group) is 1. The lowest BCUT2D eigenvalue weighted by Gasteiger charge is -2.27. The number of thiazole rings is 1. The molecule has 1 atom stereocenters. The summed E-state index contributed by atoms with van der Waals surface area (Å²) >= 11 is 1.65. The predicted octanol–water partition coefficient (Wildman–Crippen LogP) is 1.34. The molecule has 1 aromatic rings. The van der Waals surface area contributed by atoms with Crippen molar-refractivity contribution in [2.75, 3.05) is 27.3 Å². The average molecular weight is 255 g/mol. The van der Waals surface area contributed by atoms with Crippen molar-refractivity contribution in [2.24, 2.45) is 0 Å². The van der Waals surface area contributed by atoms with Gasteiger partial charge in [0.15, 0.2) is 0 Å². The van der Waals surface area contributed by atoms with E-state index in [1.807, 2.05) is 5.51 Å². The van der Waals surface area contributed by atoms with Gasteiger partial charge in [0.05, 0.1) is 17.8 Å². The maximum Gasteiger partial charge on any atom is 0.0795 e. The Labute approximate surface area is 107 Å². The zero-order valence-electron chi connectivity index (χ0n) is 10.6. The molecule has 1 saturated carbocycles. The lowest BCUT2D eigenvalue weighted by atomic mass is 10.2. The third kappa shape index (κ3) is 4.35. The summed E-state index contributed by atoms with van der Waals surface area (Å²) in [6.07, 6.45) is 2.66. The monoisotopic (exact) mass is 255 g/mol. The van der Waals surface area contributed by atoms with Crippen LogP contribution in [0.25, 0.3) is 0 Å². The molecule has 0 bridgehead atoms. The van der Waals surface area contributed by atoms with Crippen molar-refractivity contribution in [3.8, 4) is 0 Å². The molecular weight excluding hydrogens is 234 g/mol. The molecule has 1 aliphatic carbocycles. The molecule has 1 unspecified atom stereocenters. The molecule has 1 aromatic heterocycles. The molecule has 0 aromatic carbocycles. The second-order valence-corrected chi connectivity index (χ2v) is 5.41. The van der Waals surface area contributed by atoms with Crippen LogP contribution in [0.3, 0.4) is 0 Å². The number of ether oxygens (including phenoxy) is 1. The predicted molar refractivity (Wildman–Crippen MR) is 70.3 cm³/mol. The van der Waals surface area contributed by atoms with Crippen LogP contribution in [0.5, 0.6) is 0 Å². The first kappa shape index (κ1) is 13.0. The first-order chi connectivity index (χ1) is 8.29. The number of methoxy groups -OCH3 is 1. The maximum absolute atomic E-state index is 5.30. The van der Waals surface area contributed by atoms with E-state index >= 15 is 0 Å². The van der Waals surface area contributed by atoms with Crippen LogP contribution in [0.2, 0.25) is 0 Å². The van der Waals surface area contributed by atoms with Gasteiger partial charge in [0, 0.05) is 37.7 Å². The normalized spacial score (nSPS) is 17.6. The Morgan fingerprint density at radius 2 is 2.47 bits per heavy atom. The standard InChI is InChI=1S/C12H21N3OS/c1-15(6-11-8-17-9-14-11)12(7-16-2)5-13-10-3-4-10/h8-10,12-13H,3-7H2,1-2H3. The Kier molecular flexibility index (Phi) is 4.91. The van der Waals surface area contributed by atoms with E-state index in [1.54, 1.807) is 18.4 Å². The molecule has 0 spiro atoms. The van der Waals surface area contributed by atoms with Gasteiger partial charge in [-0.25, -0.2) is 4.98 Å². The topological polar surface area (TPSA) is 37.4 Å². The maximum atomic E-state index is 5.30. The molecule has 1 fully saturated rings. The second-order valence-electron chi connectivity index (χ2n) is 4.69. The van der Waals surface area contributed by atoms with Crippen molar-refractivity contribution in [2.45, 2.75) is 31.5 Å².